The number of ether oxygens (including phenoxy) is 1. The number of hydrogen-bond acceptors (Lipinski definition) is 7. The lowest BCUT2D eigenvalue weighted by atomic mass is 9.93. The standard InChI is InChI=1S/C25H31F3N4O4S2/c1-7-38(34,35)20-12-29-19(37-20)11-30-22(33)21-16(3)32(23(31-21)24(4,5)14-36-6)13-17-9-8-15(2)10-18(17)25(26,27)28/h8-10,12H,7,11,13-14H2,1-6H3,(H,30,33). The first-order valence-corrected chi connectivity index (χ1v) is 14.3. The molecule has 0 aliphatic carbocycles. The minimum absolute atomic E-state index is 0.0258. The topological polar surface area (TPSA) is 103 Å². The first-order chi connectivity index (χ1) is 17.6. The van der Waals surface area contributed by atoms with Gasteiger partial charge in [-0.3, -0.25) is 4.79 Å². The third-order valence-electron chi connectivity index (χ3n) is 6.06. The number of amides is 1. The number of carbonyl (C=O) groups is 1. The molecule has 0 saturated carbocycles. The molecular formula is C25H31F3N4O4S2. The number of sulfone groups is 1. The van der Waals surface area contributed by atoms with Crippen molar-refractivity contribution in [2.45, 2.75) is 63.5 Å². The number of nitrogens with one attached hydrogen (secondary N) is 1. The van der Waals surface area contributed by atoms with Gasteiger partial charge in [-0.2, -0.15) is 13.2 Å². The minimum Gasteiger partial charge on any atom is -0.384 e. The third kappa shape index (κ3) is 6.44. The van der Waals surface area contributed by atoms with Crippen molar-refractivity contribution < 1.29 is 31.1 Å². The van der Waals surface area contributed by atoms with Crippen molar-refractivity contribution in [2.24, 2.45) is 0 Å². The maximum absolute atomic E-state index is 13.8. The number of aromatic nitrogens is 3. The van der Waals surface area contributed by atoms with E-state index in [2.05, 4.69) is 15.3 Å². The van der Waals surface area contributed by atoms with E-state index in [0.29, 0.717) is 22.1 Å². The molecule has 1 aromatic carbocycles. The van der Waals surface area contributed by atoms with Crippen LogP contribution in [0.5, 0.6) is 0 Å². The Balaban J connectivity index is 1.98. The van der Waals surface area contributed by atoms with Gasteiger partial charge in [0.2, 0.25) is 0 Å². The molecule has 38 heavy (non-hydrogen) atoms. The number of benzene rings is 1. The van der Waals surface area contributed by atoms with Gasteiger partial charge in [0.15, 0.2) is 9.84 Å². The zero-order valence-corrected chi connectivity index (χ0v) is 23.7. The van der Waals surface area contributed by atoms with E-state index in [-0.39, 0.29) is 40.9 Å². The van der Waals surface area contributed by atoms with E-state index in [1.165, 1.54) is 26.3 Å². The van der Waals surface area contributed by atoms with Crippen LogP contribution < -0.4 is 5.32 Å². The molecule has 13 heteroatoms. The fraction of sp³-hybridized carbons (Fsp3) is 0.480. The lowest BCUT2D eigenvalue weighted by molar-refractivity contribution is -0.138. The Labute approximate surface area is 224 Å². The zero-order chi connectivity index (χ0) is 28.5. The van der Waals surface area contributed by atoms with Crippen molar-refractivity contribution in [3.63, 3.8) is 0 Å². The summed E-state index contributed by atoms with van der Waals surface area (Å²) in [6.45, 7) is 8.48. The summed E-state index contributed by atoms with van der Waals surface area (Å²) in [4.78, 5) is 21.8. The highest BCUT2D eigenvalue weighted by molar-refractivity contribution is 7.93. The summed E-state index contributed by atoms with van der Waals surface area (Å²) >= 11 is 0.969. The number of halogens is 3. The van der Waals surface area contributed by atoms with Crippen molar-refractivity contribution in [3.8, 4) is 0 Å². The molecule has 1 amide bonds. The summed E-state index contributed by atoms with van der Waals surface area (Å²) in [6, 6.07) is 4.16. The van der Waals surface area contributed by atoms with Gasteiger partial charge in [-0.05, 0) is 25.5 Å². The van der Waals surface area contributed by atoms with Gasteiger partial charge in [-0.1, -0.05) is 38.5 Å². The highest BCUT2D eigenvalue weighted by Crippen LogP contribution is 2.34. The van der Waals surface area contributed by atoms with Crippen LogP contribution in [-0.4, -0.2) is 48.3 Å². The van der Waals surface area contributed by atoms with Gasteiger partial charge in [0.1, 0.15) is 20.7 Å². The molecule has 0 spiro atoms. The van der Waals surface area contributed by atoms with Crippen molar-refractivity contribution in [3.05, 3.63) is 63.3 Å². The van der Waals surface area contributed by atoms with Crippen LogP contribution in [0, 0.1) is 13.8 Å². The van der Waals surface area contributed by atoms with Crippen LogP contribution >= 0.6 is 11.3 Å². The van der Waals surface area contributed by atoms with Crippen LogP contribution in [0.1, 0.15) is 64.5 Å². The van der Waals surface area contributed by atoms with Crippen LogP contribution in [0.25, 0.3) is 0 Å². The molecule has 0 fully saturated rings. The molecule has 3 rings (SSSR count). The van der Waals surface area contributed by atoms with E-state index in [1.54, 1.807) is 24.5 Å². The molecule has 0 aliphatic heterocycles. The predicted molar refractivity (Wildman–Crippen MR) is 138 cm³/mol. The summed E-state index contributed by atoms with van der Waals surface area (Å²) < 4.78 is 72.6. The van der Waals surface area contributed by atoms with Gasteiger partial charge in [0, 0.05) is 24.8 Å². The van der Waals surface area contributed by atoms with Gasteiger partial charge in [-0.15, -0.1) is 11.3 Å². The number of alkyl halides is 3. The summed E-state index contributed by atoms with van der Waals surface area (Å²) in [5, 5.41) is 3.10. The van der Waals surface area contributed by atoms with Gasteiger partial charge in [0.05, 0.1) is 30.7 Å². The molecule has 0 radical (unpaired) electrons. The SMILES string of the molecule is CCS(=O)(=O)c1cnc(CNC(=O)c2nc(C(C)(C)COC)n(Cc3ccc(C)cc3C(F)(F)F)c2C)s1. The number of nitrogens with zero attached hydrogens (tertiary/aromatic N) is 3. The Morgan fingerprint density at radius 3 is 2.50 bits per heavy atom. The molecule has 0 bridgehead atoms. The predicted octanol–water partition coefficient (Wildman–Crippen LogP) is 4.67. The number of hydrogen-bond donors (Lipinski definition) is 1. The number of methoxy groups -OCH3 is 1. The maximum atomic E-state index is 13.8. The second kappa shape index (κ2) is 11.1. The van der Waals surface area contributed by atoms with Crippen LogP contribution in [0.15, 0.2) is 28.6 Å². The quantitative estimate of drug-likeness (QED) is 0.379. The first kappa shape index (κ1) is 29.8. The summed E-state index contributed by atoms with van der Waals surface area (Å²) in [6.07, 6.45) is -3.29. The maximum Gasteiger partial charge on any atom is 0.416 e. The van der Waals surface area contributed by atoms with Crippen molar-refractivity contribution in [1.82, 2.24) is 19.9 Å². The number of carbonyl (C=O) groups excluding carboxylic acids is 1. The number of aryl methyl sites for hydroxylation is 1. The number of rotatable bonds is 10. The molecule has 0 atom stereocenters. The van der Waals surface area contributed by atoms with E-state index in [9.17, 15) is 26.4 Å². The van der Waals surface area contributed by atoms with Gasteiger partial charge in [-0.25, -0.2) is 18.4 Å². The molecule has 3 aromatic rings. The molecule has 8 nitrogen and oxygen atoms in total. The highest BCUT2D eigenvalue weighted by atomic mass is 32.2. The van der Waals surface area contributed by atoms with E-state index in [1.807, 2.05) is 13.8 Å². The normalized spacial score (nSPS) is 12.7. The fourth-order valence-electron chi connectivity index (χ4n) is 4.05. The van der Waals surface area contributed by atoms with Crippen molar-refractivity contribution >= 4 is 27.1 Å². The van der Waals surface area contributed by atoms with Crippen LogP contribution in [0.4, 0.5) is 13.2 Å². The Morgan fingerprint density at radius 2 is 1.89 bits per heavy atom. The van der Waals surface area contributed by atoms with E-state index in [4.69, 9.17) is 4.74 Å². The van der Waals surface area contributed by atoms with E-state index < -0.39 is 32.9 Å². The molecular weight excluding hydrogens is 541 g/mol. The van der Waals surface area contributed by atoms with E-state index >= 15 is 0 Å². The molecule has 2 aromatic heterocycles. The Kier molecular flexibility index (Phi) is 8.74. The second-order valence-corrected chi connectivity index (χ2v) is 13.2. The lowest BCUT2D eigenvalue weighted by Gasteiger charge is -2.25. The third-order valence-corrected chi connectivity index (χ3v) is 9.35. The van der Waals surface area contributed by atoms with E-state index in [0.717, 1.165) is 17.4 Å². The second-order valence-electron chi connectivity index (χ2n) is 9.59. The number of thiazole rings is 1. The average Bonchev–Trinajstić information content (AvgIpc) is 3.44. The van der Waals surface area contributed by atoms with Crippen molar-refractivity contribution in [1.29, 1.82) is 0 Å². The van der Waals surface area contributed by atoms with Gasteiger partial charge >= 0.3 is 6.18 Å². The average molecular weight is 573 g/mol. The summed E-state index contributed by atoms with van der Waals surface area (Å²) in [5.74, 6) is -0.207. The zero-order valence-electron chi connectivity index (χ0n) is 22.1. The Bertz CT molecular complexity index is 1430. The Morgan fingerprint density at radius 1 is 1.21 bits per heavy atom. The van der Waals surface area contributed by atoms with Crippen LogP contribution in [-0.2, 0) is 39.3 Å². The van der Waals surface area contributed by atoms with Gasteiger partial charge in [0.25, 0.3) is 5.91 Å². The first-order valence-electron chi connectivity index (χ1n) is 11.8. The minimum atomic E-state index is -4.55. The summed E-state index contributed by atoms with van der Waals surface area (Å²) in [5.41, 5.74) is -0.474. The largest absolute Gasteiger partial charge is 0.416 e. The molecule has 208 valence electrons. The molecule has 0 saturated heterocycles. The Hall–Kier alpha value is -2.77. The monoisotopic (exact) mass is 572 g/mol. The fourth-order valence-corrected chi connectivity index (χ4v) is 6.28. The highest BCUT2D eigenvalue weighted by Gasteiger charge is 2.35. The molecule has 0 aliphatic rings. The summed E-state index contributed by atoms with van der Waals surface area (Å²) in [7, 11) is -1.90. The smallest absolute Gasteiger partial charge is 0.384 e. The number of imidazole rings is 1. The van der Waals surface area contributed by atoms with Gasteiger partial charge < -0.3 is 14.6 Å². The lowest BCUT2D eigenvalue weighted by Crippen LogP contribution is -2.29. The molecule has 2 heterocycles. The van der Waals surface area contributed by atoms with Crippen molar-refractivity contribution in [2.75, 3.05) is 19.5 Å². The van der Waals surface area contributed by atoms with Crippen LogP contribution in [0.3, 0.4) is 0 Å². The molecule has 0 unspecified atom stereocenters. The molecule has 1 N–H and O–H groups in total. The van der Waals surface area contributed by atoms with Crippen LogP contribution in [0.2, 0.25) is 0 Å².